The van der Waals surface area contributed by atoms with Crippen LogP contribution in [-0.4, -0.2) is 50.6 Å². The van der Waals surface area contributed by atoms with E-state index in [2.05, 4.69) is 10.6 Å². The Morgan fingerprint density at radius 1 is 0.900 bits per heavy atom. The lowest BCUT2D eigenvalue weighted by Crippen LogP contribution is -2.60. The van der Waals surface area contributed by atoms with Gasteiger partial charge in [0.25, 0.3) is 0 Å². The van der Waals surface area contributed by atoms with E-state index in [0.29, 0.717) is 5.56 Å². The van der Waals surface area contributed by atoms with Crippen molar-refractivity contribution in [1.29, 1.82) is 0 Å². The predicted molar refractivity (Wildman–Crippen MR) is 158 cm³/mol. The van der Waals surface area contributed by atoms with Crippen LogP contribution in [0.1, 0.15) is 90.6 Å². The van der Waals surface area contributed by atoms with Crippen LogP contribution >= 0.6 is 0 Å². The number of aryl methyl sites for hydroxylation is 2. The third-order valence-electron chi connectivity index (χ3n) is 6.05. The molecule has 0 fully saturated rings. The van der Waals surface area contributed by atoms with Crippen molar-refractivity contribution in [2.24, 2.45) is 0 Å². The molecule has 40 heavy (non-hydrogen) atoms. The van der Waals surface area contributed by atoms with Gasteiger partial charge in [-0.2, -0.15) is 0 Å². The smallest absolute Gasteiger partial charge is 0.408 e. The summed E-state index contributed by atoms with van der Waals surface area (Å²) in [5.41, 5.74) is 1.24. The molecule has 0 saturated carbocycles. The highest BCUT2D eigenvalue weighted by molar-refractivity contribution is 5.93. The quantitative estimate of drug-likeness (QED) is 0.406. The van der Waals surface area contributed by atoms with Crippen molar-refractivity contribution in [1.82, 2.24) is 15.5 Å². The second kappa shape index (κ2) is 12.3. The summed E-state index contributed by atoms with van der Waals surface area (Å²) in [6, 6.07) is 10.2. The summed E-state index contributed by atoms with van der Waals surface area (Å²) < 4.78 is 5.49. The minimum absolute atomic E-state index is 0.0943. The number of carbonyl (C=O) groups is 3. The number of phenols is 1. The number of nitrogens with zero attached hydrogens (tertiary/aromatic N) is 1. The highest BCUT2D eigenvalue weighted by Crippen LogP contribution is 2.33. The van der Waals surface area contributed by atoms with Crippen molar-refractivity contribution in [2.75, 3.05) is 0 Å². The molecule has 0 spiro atoms. The predicted octanol–water partition coefficient (Wildman–Crippen LogP) is 5.73. The molecule has 2 aromatic rings. The van der Waals surface area contributed by atoms with Gasteiger partial charge in [0.2, 0.25) is 11.8 Å². The minimum atomic E-state index is -1.05. The zero-order chi connectivity index (χ0) is 30.6. The van der Waals surface area contributed by atoms with Crippen LogP contribution in [0.2, 0.25) is 0 Å². The molecule has 3 N–H and O–H groups in total. The molecule has 0 aliphatic heterocycles. The number of phenolic OH excluding ortho intramolecular Hbond substituents is 1. The third-order valence-corrected chi connectivity index (χ3v) is 6.05. The average molecular weight is 554 g/mol. The van der Waals surface area contributed by atoms with Crippen LogP contribution < -0.4 is 10.6 Å². The standard InChI is InChI=1S/C32H47N3O5/c1-20-12-17-24(21(2)18-20)26(27(37)34-30(3,4)5)35(31(6,7)8)28(38)25(33-29(39)40-32(9,10)11)19-22-13-15-23(36)16-14-22/h12-18,25-26,36H,19H2,1-11H3,(H,33,39)(H,34,37). The molecule has 2 rings (SSSR count). The molecule has 0 saturated heterocycles. The van der Waals surface area contributed by atoms with Gasteiger partial charge in [-0.05, 0) is 105 Å². The number of rotatable bonds is 7. The van der Waals surface area contributed by atoms with E-state index >= 15 is 0 Å². The van der Waals surface area contributed by atoms with Crippen LogP contribution in [0.25, 0.3) is 0 Å². The second-order valence-electron chi connectivity index (χ2n) is 13.5. The first-order chi connectivity index (χ1) is 18.2. The molecule has 0 aliphatic rings. The van der Waals surface area contributed by atoms with Gasteiger partial charge < -0.3 is 25.4 Å². The van der Waals surface area contributed by atoms with E-state index in [9.17, 15) is 19.5 Å². The van der Waals surface area contributed by atoms with Gasteiger partial charge in [0.05, 0.1) is 0 Å². The lowest BCUT2D eigenvalue weighted by Gasteiger charge is -2.44. The summed E-state index contributed by atoms with van der Waals surface area (Å²) in [4.78, 5) is 43.0. The molecule has 220 valence electrons. The number of ether oxygens (including phenoxy) is 1. The molecule has 3 amide bonds. The molecule has 0 aliphatic carbocycles. The first-order valence-corrected chi connectivity index (χ1v) is 13.7. The molecule has 2 atom stereocenters. The van der Waals surface area contributed by atoms with E-state index in [4.69, 9.17) is 4.74 Å². The van der Waals surface area contributed by atoms with Gasteiger partial charge >= 0.3 is 6.09 Å². The van der Waals surface area contributed by atoms with Gasteiger partial charge in [0.15, 0.2) is 0 Å². The zero-order valence-electron chi connectivity index (χ0n) is 25.9. The van der Waals surface area contributed by atoms with Gasteiger partial charge in [-0.1, -0.05) is 35.9 Å². The first kappa shape index (κ1) is 32.7. The van der Waals surface area contributed by atoms with Crippen molar-refractivity contribution < 1.29 is 24.2 Å². The molecule has 0 aromatic heterocycles. The van der Waals surface area contributed by atoms with E-state index in [1.807, 2.05) is 73.6 Å². The Balaban J connectivity index is 2.68. The lowest BCUT2D eigenvalue weighted by molar-refractivity contribution is -0.149. The fourth-order valence-corrected chi connectivity index (χ4v) is 4.50. The van der Waals surface area contributed by atoms with E-state index in [-0.39, 0.29) is 18.1 Å². The zero-order valence-corrected chi connectivity index (χ0v) is 25.9. The summed E-state index contributed by atoms with van der Waals surface area (Å²) in [5.74, 6) is -0.652. The number of hydrogen-bond donors (Lipinski definition) is 3. The topological polar surface area (TPSA) is 108 Å². The van der Waals surface area contributed by atoms with Crippen molar-refractivity contribution in [3.05, 3.63) is 64.7 Å². The summed E-state index contributed by atoms with van der Waals surface area (Å²) in [7, 11) is 0. The van der Waals surface area contributed by atoms with Crippen LogP contribution in [0.15, 0.2) is 42.5 Å². The summed E-state index contributed by atoms with van der Waals surface area (Å²) in [6.45, 7) is 20.4. The Bertz CT molecular complexity index is 1200. The molecule has 8 heteroatoms. The van der Waals surface area contributed by atoms with Crippen LogP contribution in [0.3, 0.4) is 0 Å². The van der Waals surface area contributed by atoms with E-state index in [1.54, 1.807) is 37.8 Å². The van der Waals surface area contributed by atoms with Gasteiger partial charge in [-0.15, -0.1) is 0 Å². The van der Waals surface area contributed by atoms with Gasteiger partial charge in [0.1, 0.15) is 23.4 Å². The summed E-state index contributed by atoms with van der Waals surface area (Å²) in [6.07, 6.45) is -0.605. The summed E-state index contributed by atoms with van der Waals surface area (Å²) >= 11 is 0. The number of nitrogens with one attached hydrogen (secondary N) is 2. The Hall–Kier alpha value is -3.55. The SMILES string of the molecule is Cc1ccc(C(C(=O)NC(C)(C)C)N(C(=O)C(Cc2ccc(O)cc2)NC(=O)OC(C)(C)C)C(C)(C)C)c(C)c1. The highest BCUT2D eigenvalue weighted by Gasteiger charge is 2.43. The lowest BCUT2D eigenvalue weighted by atomic mass is 9.91. The molecule has 8 nitrogen and oxygen atoms in total. The molecular weight excluding hydrogens is 506 g/mol. The number of benzene rings is 2. The molecule has 0 bridgehead atoms. The first-order valence-electron chi connectivity index (χ1n) is 13.7. The minimum Gasteiger partial charge on any atom is -0.508 e. The van der Waals surface area contributed by atoms with E-state index in [0.717, 1.165) is 16.7 Å². The number of amides is 3. The maximum Gasteiger partial charge on any atom is 0.408 e. The Kier molecular flexibility index (Phi) is 10.1. The number of carbonyl (C=O) groups excluding carboxylic acids is 3. The number of alkyl carbamates (subject to hydrolysis) is 1. The fraction of sp³-hybridized carbons (Fsp3) is 0.531. The monoisotopic (exact) mass is 553 g/mol. The van der Waals surface area contributed by atoms with Crippen LogP contribution in [0, 0.1) is 13.8 Å². The molecule has 0 heterocycles. The van der Waals surface area contributed by atoms with Crippen LogP contribution in [0.4, 0.5) is 4.79 Å². The maximum atomic E-state index is 14.6. The van der Waals surface area contributed by atoms with Gasteiger partial charge in [-0.25, -0.2) is 4.79 Å². The van der Waals surface area contributed by atoms with E-state index < -0.39 is 40.8 Å². The van der Waals surface area contributed by atoms with Crippen molar-refractivity contribution in [3.63, 3.8) is 0 Å². The van der Waals surface area contributed by atoms with Gasteiger partial charge in [-0.3, -0.25) is 9.59 Å². The van der Waals surface area contributed by atoms with Gasteiger partial charge in [0, 0.05) is 17.5 Å². The number of aromatic hydroxyl groups is 1. The number of hydrogen-bond acceptors (Lipinski definition) is 5. The van der Waals surface area contributed by atoms with Crippen molar-refractivity contribution in [2.45, 2.75) is 111 Å². The van der Waals surface area contributed by atoms with Crippen LogP contribution in [0.5, 0.6) is 5.75 Å². The maximum absolute atomic E-state index is 14.6. The molecule has 2 aromatic carbocycles. The average Bonchev–Trinajstić information content (AvgIpc) is 2.75. The second-order valence-corrected chi connectivity index (χ2v) is 13.5. The molecular formula is C32H47N3O5. The third kappa shape index (κ3) is 9.57. The Morgan fingerprint density at radius 2 is 1.48 bits per heavy atom. The Labute approximate surface area is 239 Å². The van der Waals surface area contributed by atoms with Crippen molar-refractivity contribution in [3.8, 4) is 5.75 Å². The fourth-order valence-electron chi connectivity index (χ4n) is 4.50. The summed E-state index contributed by atoms with van der Waals surface area (Å²) in [5, 5.41) is 15.6. The molecule has 2 unspecified atom stereocenters. The normalized spacial score (nSPS) is 13.7. The molecule has 0 radical (unpaired) electrons. The highest BCUT2D eigenvalue weighted by atomic mass is 16.6. The van der Waals surface area contributed by atoms with E-state index in [1.165, 1.54) is 12.1 Å². The van der Waals surface area contributed by atoms with Crippen LogP contribution in [-0.2, 0) is 20.7 Å². The Morgan fingerprint density at radius 3 is 1.95 bits per heavy atom. The van der Waals surface area contributed by atoms with Crippen molar-refractivity contribution >= 4 is 17.9 Å². The largest absolute Gasteiger partial charge is 0.508 e.